The average molecular weight is 421 g/mol. The largest absolute Gasteiger partial charge is 0.503 e. The van der Waals surface area contributed by atoms with Crippen molar-refractivity contribution in [2.75, 3.05) is 4.90 Å². The predicted octanol–water partition coefficient (Wildman–Crippen LogP) is 4.74. The van der Waals surface area contributed by atoms with E-state index in [9.17, 15) is 19.5 Å². The smallest absolute Gasteiger partial charge is 0.308 e. The highest BCUT2D eigenvalue weighted by atomic mass is 16.5. The Morgan fingerprint density at radius 2 is 1.81 bits per heavy atom. The van der Waals surface area contributed by atoms with E-state index in [0.29, 0.717) is 17.0 Å². The Hall–Kier alpha value is -3.41. The van der Waals surface area contributed by atoms with E-state index in [1.807, 2.05) is 39.8 Å². The number of aliphatic hydroxyl groups is 1. The summed E-state index contributed by atoms with van der Waals surface area (Å²) in [6, 6.07) is 11.4. The summed E-state index contributed by atoms with van der Waals surface area (Å²) in [4.78, 5) is 39.0. The molecule has 0 aromatic heterocycles. The van der Waals surface area contributed by atoms with E-state index in [1.165, 1.54) is 11.8 Å². The molecular formula is C25H27NO5. The lowest BCUT2D eigenvalue weighted by Gasteiger charge is -2.28. The normalized spacial score (nSPS) is 16.3. The third kappa shape index (κ3) is 4.53. The number of ether oxygens (including phenoxy) is 1. The van der Waals surface area contributed by atoms with Crippen LogP contribution < -0.4 is 9.64 Å². The lowest BCUT2D eigenvalue weighted by atomic mass is 9.92. The van der Waals surface area contributed by atoms with Crippen molar-refractivity contribution in [3.63, 3.8) is 0 Å². The van der Waals surface area contributed by atoms with E-state index in [4.69, 9.17) is 4.74 Å². The van der Waals surface area contributed by atoms with Gasteiger partial charge in [0.1, 0.15) is 5.75 Å². The number of anilines is 1. The molecule has 0 saturated carbocycles. The van der Waals surface area contributed by atoms with Gasteiger partial charge in [0, 0.05) is 19.0 Å². The van der Waals surface area contributed by atoms with E-state index in [-0.39, 0.29) is 23.7 Å². The number of benzene rings is 2. The number of esters is 1. The molecule has 1 heterocycles. The Kier molecular flexibility index (Phi) is 6.29. The minimum absolute atomic E-state index is 0.0617. The maximum absolute atomic E-state index is 13.1. The molecular weight excluding hydrogens is 394 g/mol. The summed E-state index contributed by atoms with van der Waals surface area (Å²) in [6.07, 6.45) is 0.202. The molecule has 6 nitrogen and oxygen atoms in total. The maximum atomic E-state index is 13.1. The molecule has 31 heavy (non-hydrogen) atoms. The van der Waals surface area contributed by atoms with Gasteiger partial charge in [-0.25, -0.2) is 0 Å². The molecule has 1 aliphatic heterocycles. The first-order valence-electron chi connectivity index (χ1n) is 10.3. The fraction of sp³-hybridized carbons (Fsp3) is 0.320. The van der Waals surface area contributed by atoms with Crippen LogP contribution in [-0.4, -0.2) is 22.8 Å². The van der Waals surface area contributed by atoms with Crippen LogP contribution in [0.25, 0.3) is 0 Å². The molecule has 0 spiro atoms. The van der Waals surface area contributed by atoms with E-state index in [2.05, 4.69) is 0 Å². The van der Waals surface area contributed by atoms with Crippen LogP contribution >= 0.6 is 0 Å². The predicted molar refractivity (Wildman–Crippen MR) is 118 cm³/mol. The van der Waals surface area contributed by atoms with Gasteiger partial charge in [-0.1, -0.05) is 32.0 Å². The third-order valence-corrected chi connectivity index (χ3v) is 5.31. The number of ketones is 1. The lowest BCUT2D eigenvalue weighted by Crippen LogP contribution is -2.31. The van der Waals surface area contributed by atoms with Crippen LogP contribution in [0.4, 0.5) is 5.69 Å². The number of hydrogen-bond acceptors (Lipinski definition) is 5. The number of carbonyl (C=O) groups is 3. The fourth-order valence-electron chi connectivity index (χ4n) is 3.74. The summed E-state index contributed by atoms with van der Waals surface area (Å²) in [5.41, 5.74) is 3.27. The van der Waals surface area contributed by atoms with Crippen LogP contribution in [0.1, 0.15) is 49.9 Å². The summed E-state index contributed by atoms with van der Waals surface area (Å²) >= 11 is 0. The summed E-state index contributed by atoms with van der Waals surface area (Å²) in [5.74, 6) is -1.55. The number of Topliss-reactive ketones (excluding diaryl/α,β-unsaturated/α-hetero) is 1. The zero-order chi connectivity index (χ0) is 22.9. The number of carbonyl (C=O) groups excluding carboxylic acids is 3. The van der Waals surface area contributed by atoms with Gasteiger partial charge in [-0.05, 0) is 60.7 Å². The quantitative estimate of drug-likeness (QED) is 0.538. The van der Waals surface area contributed by atoms with E-state index < -0.39 is 23.7 Å². The molecule has 1 atom stereocenters. The van der Waals surface area contributed by atoms with Gasteiger partial charge in [-0.15, -0.1) is 0 Å². The van der Waals surface area contributed by atoms with Crippen molar-refractivity contribution < 1.29 is 24.2 Å². The van der Waals surface area contributed by atoms with Gasteiger partial charge in [-0.3, -0.25) is 19.3 Å². The topological polar surface area (TPSA) is 83.9 Å². The molecule has 1 unspecified atom stereocenters. The van der Waals surface area contributed by atoms with Gasteiger partial charge in [0.25, 0.3) is 5.91 Å². The van der Waals surface area contributed by atoms with Crippen molar-refractivity contribution in [2.45, 2.75) is 47.1 Å². The monoisotopic (exact) mass is 421 g/mol. The maximum Gasteiger partial charge on any atom is 0.308 e. The second-order valence-corrected chi connectivity index (χ2v) is 8.30. The van der Waals surface area contributed by atoms with Crippen LogP contribution in [-0.2, 0) is 14.4 Å². The van der Waals surface area contributed by atoms with Crippen LogP contribution in [0.15, 0.2) is 53.8 Å². The van der Waals surface area contributed by atoms with Crippen molar-refractivity contribution in [1.82, 2.24) is 0 Å². The number of aliphatic hydroxyl groups excluding tert-OH is 1. The second-order valence-electron chi connectivity index (χ2n) is 8.30. The van der Waals surface area contributed by atoms with Crippen LogP contribution in [0.2, 0.25) is 0 Å². The first-order chi connectivity index (χ1) is 14.6. The molecule has 1 amide bonds. The van der Waals surface area contributed by atoms with Gasteiger partial charge in [0.15, 0.2) is 11.5 Å². The first-order valence-corrected chi connectivity index (χ1v) is 10.3. The van der Waals surface area contributed by atoms with Crippen LogP contribution in [0.3, 0.4) is 0 Å². The Labute approximate surface area is 182 Å². The molecule has 1 N–H and O–H groups in total. The standard InChI is InChI=1S/C25H27NO5/c1-14(2)11-21(28)22-23(18-7-6-8-20(13-18)31-17(5)27)26(25(30)24(22)29)19-10-9-15(3)16(4)12-19/h6-10,12-14,23,29H,11H2,1-5H3. The average Bonchev–Trinajstić information content (AvgIpc) is 2.94. The highest BCUT2D eigenvalue weighted by Crippen LogP contribution is 2.42. The zero-order valence-electron chi connectivity index (χ0n) is 18.4. The van der Waals surface area contributed by atoms with Gasteiger partial charge in [-0.2, -0.15) is 0 Å². The minimum Gasteiger partial charge on any atom is -0.503 e. The minimum atomic E-state index is -0.823. The molecule has 2 aromatic carbocycles. The summed E-state index contributed by atoms with van der Waals surface area (Å²) in [6.45, 7) is 9.02. The highest BCUT2D eigenvalue weighted by Gasteiger charge is 2.44. The molecule has 0 fully saturated rings. The number of nitrogens with zero attached hydrogens (tertiary/aromatic N) is 1. The summed E-state index contributed by atoms with van der Waals surface area (Å²) < 4.78 is 5.20. The molecule has 2 aromatic rings. The number of hydrogen-bond donors (Lipinski definition) is 1. The highest BCUT2D eigenvalue weighted by molar-refractivity contribution is 6.16. The number of amides is 1. The Morgan fingerprint density at radius 3 is 2.42 bits per heavy atom. The molecule has 0 aliphatic carbocycles. The molecule has 0 bridgehead atoms. The van der Waals surface area contributed by atoms with Crippen molar-refractivity contribution in [2.24, 2.45) is 5.92 Å². The molecule has 162 valence electrons. The molecule has 0 radical (unpaired) electrons. The summed E-state index contributed by atoms with van der Waals surface area (Å²) in [7, 11) is 0. The van der Waals surface area contributed by atoms with Crippen molar-refractivity contribution in [3.8, 4) is 5.75 Å². The van der Waals surface area contributed by atoms with Gasteiger partial charge in [0.05, 0.1) is 11.6 Å². The molecule has 6 heteroatoms. The van der Waals surface area contributed by atoms with E-state index in [0.717, 1.165) is 11.1 Å². The van der Waals surface area contributed by atoms with Gasteiger partial charge in [0.2, 0.25) is 0 Å². The second kappa shape index (κ2) is 8.76. The van der Waals surface area contributed by atoms with Gasteiger partial charge >= 0.3 is 5.97 Å². The summed E-state index contributed by atoms with van der Waals surface area (Å²) in [5, 5.41) is 10.7. The first kappa shape index (κ1) is 22.3. The van der Waals surface area contributed by atoms with Crippen molar-refractivity contribution >= 4 is 23.3 Å². The van der Waals surface area contributed by atoms with Crippen LogP contribution in [0, 0.1) is 19.8 Å². The van der Waals surface area contributed by atoms with Crippen molar-refractivity contribution in [3.05, 3.63) is 70.5 Å². The lowest BCUT2D eigenvalue weighted by molar-refractivity contribution is -0.132. The molecule has 3 rings (SSSR count). The van der Waals surface area contributed by atoms with E-state index >= 15 is 0 Å². The fourth-order valence-corrected chi connectivity index (χ4v) is 3.74. The molecule has 1 aliphatic rings. The van der Waals surface area contributed by atoms with Gasteiger partial charge < -0.3 is 9.84 Å². The molecule has 0 saturated heterocycles. The number of rotatable bonds is 6. The number of aryl methyl sites for hydroxylation is 2. The zero-order valence-corrected chi connectivity index (χ0v) is 18.4. The third-order valence-electron chi connectivity index (χ3n) is 5.31. The Morgan fingerprint density at radius 1 is 1.10 bits per heavy atom. The van der Waals surface area contributed by atoms with Crippen LogP contribution in [0.5, 0.6) is 5.75 Å². The Bertz CT molecular complexity index is 1080. The SMILES string of the molecule is CC(=O)Oc1cccc(C2C(C(=O)CC(C)C)=C(O)C(=O)N2c2ccc(C)c(C)c2)c1. The van der Waals surface area contributed by atoms with Crippen molar-refractivity contribution in [1.29, 1.82) is 0 Å². The van der Waals surface area contributed by atoms with E-state index in [1.54, 1.807) is 30.3 Å². The Balaban J connectivity index is 2.17.